The first-order valence-electron chi connectivity index (χ1n) is 8.32. The lowest BCUT2D eigenvalue weighted by Crippen LogP contribution is -2.52. The fraction of sp³-hybridized carbons (Fsp3) is 0.556. The van der Waals surface area contributed by atoms with Crippen molar-refractivity contribution in [2.75, 3.05) is 19.4 Å². The number of carbonyl (C=O) groups excluding carboxylic acids is 2. The highest BCUT2D eigenvalue weighted by molar-refractivity contribution is 7.99. The molecule has 1 aromatic rings. The van der Waals surface area contributed by atoms with E-state index in [-0.39, 0.29) is 29.6 Å². The lowest BCUT2D eigenvalue weighted by molar-refractivity contribution is -0.154. The van der Waals surface area contributed by atoms with E-state index in [2.05, 4.69) is 0 Å². The number of ether oxygens (including phenoxy) is 1. The number of aryl methyl sites for hydroxylation is 1. The molecule has 1 amide bonds. The Balaban J connectivity index is 1.48. The average molecular weight is 353 g/mol. The van der Waals surface area contributed by atoms with E-state index >= 15 is 0 Å². The fourth-order valence-corrected chi connectivity index (χ4v) is 3.39. The van der Waals surface area contributed by atoms with Crippen LogP contribution in [0.1, 0.15) is 37.7 Å². The molecule has 1 saturated heterocycles. The minimum atomic E-state index is -0.326. The maximum absolute atomic E-state index is 12.8. The predicted octanol–water partition coefficient (Wildman–Crippen LogP) is 3.39. The first-order chi connectivity index (χ1) is 11.6. The SMILES string of the molecule is CSC1CC(=O)N1CC(=O)OCCCCCCc1ccc(F)cc1. The summed E-state index contributed by atoms with van der Waals surface area (Å²) in [6, 6.07) is 6.60. The third kappa shape index (κ3) is 5.82. The van der Waals surface area contributed by atoms with Gasteiger partial charge in [-0.2, -0.15) is 0 Å². The van der Waals surface area contributed by atoms with Crippen LogP contribution in [-0.2, 0) is 20.7 Å². The Kier molecular flexibility index (Phi) is 7.56. The number of esters is 1. The van der Waals surface area contributed by atoms with Gasteiger partial charge in [-0.3, -0.25) is 9.59 Å². The molecule has 0 spiro atoms. The van der Waals surface area contributed by atoms with E-state index in [1.165, 1.54) is 12.1 Å². The summed E-state index contributed by atoms with van der Waals surface area (Å²) < 4.78 is 18.0. The number of nitrogens with zero attached hydrogens (tertiary/aromatic N) is 1. The second-order valence-electron chi connectivity index (χ2n) is 5.93. The van der Waals surface area contributed by atoms with E-state index in [4.69, 9.17) is 4.74 Å². The van der Waals surface area contributed by atoms with Crippen molar-refractivity contribution in [2.24, 2.45) is 0 Å². The molecule has 1 aliphatic heterocycles. The van der Waals surface area contributed by atoms with E-state index in [0.29, 0.717) is 13.0 Å². The van der Waals surface area contributed by atoms with Crippen molar-refractivity contribution >= 4 is 23.6 Å². The van der Waals surface area contributed by atoms with E-state index in [1.54, 1.807) is 16.7 Å². The van der Waals surface area contributed by atoms with Gasteiger partial charge in [0.2, 0.25) is 5.91 Å². The van der Waals surface area contributed by atoms with Gasteiger partial charge in [-0.1, -0.05) is 25.0 Å². The molecule has 0 N–H and O–H groups in total. The Morgan fingerprint density at radius 2 is 1.96 bits per heavy atom. The summed E-state index contributed by atoms with van der Waals surface area (Å²) in [5.74, 6) is -0.509. The van der Waals surface area contributed by atoms with Gasteiger partial charge in [-0.05, 0) is 43.2 Å². The molecule has 0 radical (unpaired) electrons. The topological polar surface area (TPSA) is 46.6 Å². The Morgan fingerprint density at radius 3 is 2.62 bits per heavy atom. The van der Waals surface area contributed by atoms with Crippen LogP contribution < -0.4 is 0 Å². The van der Waals surface area contributed by atoms with Gasteiger partial charge in [0.25, 0.3) is 0 Å². The minimum absolute atomic E-state index is 0.0205. The average Bonchev–Trinajstić information content (AvgIpc) is 2.58. The summed E-state index contributed by atoms with van der Waals surface area (Å²) in [6.07, 6.45) is 7.29. The van der Waals surface area contributed by atoms with Crippen LogP contribution in [0.3, 0.4) is 0 Å². The maximum Gasteiger partial charge on any atom is 0.325 e. The lowest BCUT2D eigenvalue weighted by atomic mass is 10.1. The van der Waals surface area contributed by atoms with Gasteiger partial charge in [0.1, 0.15) is 12.4 Å². The zero-order valence-corrected chi connectivity index (χ0v) is 14.8. The Morgan fingerprint density at radius 1 is 1.25 bits per heavy atom. The molecule has 1 heterocycles. The summed E-state index contributed by atoms with van der Waals surface area (Å²) in [5.41, 5.74) is 1.14. The Bertz CT molecular complexity index is 550. The number of unbranched alkanes of at least 4 members (excludes halogenated alkanes) is 3. The molecule has 0 saturated carbocycles. The van der Waals surface area contributed by atoms with E-state index < -0.39 is 0 Å². The van der Waals surface area contributed by atoms with Crippen molar-refractivity contribution in [2.45, 2.75) is 43.9 Å². The van der Waals surface area contributed by atoms with Crippen LogP contribution >= 0.6 is 11.8 Å². The number of amides is 1. The number of thioether (sulfide) groups is 1. The smallest absolute Gasteiger partial charge is 0.325 e. The van der Waals surface area contributed by atoms with Crippen LogP contribution in [0.5, 0.6) is 0 Å². The van der Waals surface area contributed by atoms with Crippen LogP contribution in [0.4, 0.5) is 4.39 Å². The van der Waals surface area contributed by atoms with Crippen molar-refractivity contribution in [3.8, 4) is 0 Å². The van der Waals surface area contributed by atoms with Gasteiger partial charge in [0.05, 0.1) is 18.4 Å². The number of benzene rings is 1. The number of hydrogen-bond acceptors (Lipinski definition) is 4. The molecule has 1 aliphatic rings. The highest BCUT2D eigenvalue weighted by Crippen LogP contribution is 2.27. The Labute approximate surface area is 146 Å². The molecule has 0 bridgehead atoms. The number of hydrogen-bond donors (Lipinski definition) is 0. The van der Waals surface area contributed by atoms with Gasteiger partial charge >= 0.3 is 5.97 Å². The molecule has 0 aliphatic carbocycles. The van der Waals surface area contributed by atoms with E-state index in [0.717, 1.165) is 37.7 Å². The largest absolute Gasteiger partial charge is 0.464 e. The van der Waals surface area contributed by atoms with Gasteiger partial charge in [0, 0.05) is 0 Å². The molecular formula is C18H24FNO3S. The van der Waals surface area contributed by atoms with Gasteiger partial charge in [-0.25, -0.2) is 4.39 Å². The predicted molar refractivity (Wildman–Crippen MR) is 93.2 cm³/mol. The van der Waals surface area contributed by atoms with Crippen molar-refractivity contribution in [1.82, 2.24) is 4.90 Å². The van der Waals surface area contributed by atoms with Crippen LogP contribution in [0, 0.1) is 5.82 Å². The van der Waals surface area contributed by atoms with Gasteiger partial charge < -0.3 is 9.64 Å². The third-order valence-electron chi connectivity index (χ3n) is 4.12. The zero-order valence-electron chi connectivity index (χ0n) is 14.0. The molecule has 1 atom stereocenters. The molecule has 24 heavy (non-hydrogen) atoms. The standard InChI is InChI=1S/C18H24FNO3S/c1-24-17-12-16(21)20(17)13-18(22)23-11-5-3-2-4-6-14-7-9-15(19)10-8-14/h7-10,17H,2-6,11-13H2,1H3. The number of β-lactam (4-membered cyclic amide) rings is 1. The summed E-state index contributed by atoms with van der Waals surface area (Å²) in [6.45, 7) is 0.469. The highest BCUT2D eigenvalue weighted by atomic mass is 32.2. The van der Waals surface area contributed by atoms with Crippen molar-refractivity contribution < 1.29 is 18.7 Å². The molecule has 4 nitrogen and oxygen atoms in total. The quantitative estimate of drug-likeness (QED) is 0.367. The molecule has 1 fully saturated rings. The maximum atomic E-state index is 12.8. The van der Waals surface area contributed by atoms with Crippen LogP contribution in [0.25, 0.3) is 0 Å². The summed E-state index contributed by atoms with van der Waals surface area (Å²) in [5, 5.41) is 0.122. The molecule has 2 rings (SSSR count). The number of carbonyl (C=O) groups is 2. The minimum Gasteiger partial charge on any atom is -0.464 e. The monoisotopic (exact) mass is 353 g/mol. The van der Waals surface area contributed by atoms with Crippen LogP contribution in [0.2, 0.25) is 0 Å². The van der Waals surface area contributed by atoms with Crippen LogP contribution in [0.15, 0.2) is 24.3 Å². The molecular weight excluding hydrogens is 329 g/mol. The fourth-order valence-electron chi connectivity index (χ4n) is 2.63. The highest BCUT2D eigenvalue weighted by Gasteiger charge is 2.36. The first-order valence-corrected chi connectivity index (χ1v) is 9.61. The summed E-state index contributed by atoms with van der Waals surface area (Å²) in [4.78, 5) is 24.7. The number of likely N-dealkylation sites (tertiary alicyclic amines) is 1. The number of halogens is 1. The van der Waals surface area contributed by atoms with Crippen LogP contribution in [-0.4, -0.2) is 41.6 Å². The van der Waals surface area contributed by atoms with Gasteiger partial charge in [0.15, 0.2) is 0 Å². The Hall–Kier alpha value is -1.56. The molecule has 0 aromatic heterocycles. The van der Waals surface area contributed by atoms with Crippen molar-refractivity contribution in [3.63, 3.8) is 0 Å². The van der Waals surface area contributed by atoms with Crippen molar-refractivity contribution in [1.29, 1.82) is 0 Å². The van der Waals surface area contributed by atoms with E-state index in [9.17, 15) is 14.0 Å². The molecule has 132 valence electrons. The molecule has 6 heteroatoms. The second kappa shape index (κ2) is 9.67. The van der Waals surface area contributed by atoms with Gasteiger partial charge in [-0.15, -0.1) is 11.8 Å². The summed E-state index contributed by atoms with van der Waals surface area (Å²) in [7, 11) is 0. The van der Waals surface area contributed by atoms with E-state index in [1.807, 2.05) is 18.4 Å². The number of rotatable bonds is 10. The molecule has 1 unspecified atom stereocenters. The third-order valence-corrected chi connectivity index (χ3v) is 5.09. The summed E-state index contributed by atoms with van der Waals surface area (Å²) >= 11 is 1.58. The molecule has 1 aromatic carbocycles. The van der Waals surface area contributed by atoms with Crippen molar-refractivity contribution in [3.05, 3.63) is 35.6 Å². The lowest BCUT2D eigenvalue weighted by Gasteiger charge is -2.38. The first kappa shape index (κ1) is 18.8. The second-order valence-corrected chi connectivity index (χ2v) is 6.94. The zero-order chi connectivity index (χ0) is 17.4. The normalized spacial score (nSPS) is 16.8.